The number of halogens is 1. The Morgan fingerprint density at radius 3 is 2.94 bits per heavy atom. The molecule has 1 aliphatic rings. The van der Waals surface area contributed by atoms with Crippen LogP contribution in [0.3, 0.4) is 0 Å². The molecule has 2 rings (SSSR count). The average Bonchev–Trinajstić information content (AvgIpc) is 2.28. The zero-order chi connectivity index (χ0) is 11.5. The first-order valence-corrected chi connectivity index (χ1v) is 6.52. The Kier molecular flexibility index (Phi) is 3.74. The van der Waals surface area contributed by atoms with E-state index in [4.69, 9.17) is 12.2 Å². The van der Waals surface area contributed by atoms with Crippen LogP contribution in [0, 0.1) is 4.64 Å². The molecule has 3 heteroatoms. The molecule has 1 aromatic rings. The van der Waals surface area contributed by atoms with Crippen LogP contribution in [0.5, 0.6) is 0 Å². The number of aromatic nitrogens is 1. The van der Waals surface area contributed by atoms with Crippen molar-refractivity contribution in [3.05, 3.63) is 27.5 Å². The van der Waals surface area contributed by atoms with Gasteiger partial charge in [0.1, 0.15) is 10.8 Å². The van der Waals surface area contributed by atoms with Crippen LogP contribution in [0.4, 0.5) is 4.39 Å². The zero-order valence-electron chi connectivity index (χ0n) is 9.68. The second kappa shape index (κ2) is 5.09. The Hall–Kier alpha value is -0.700. The molecule has 0 spiro atoms. The van der Waals surface area contributed by atoms with Crippen molar-refractivity contribution in [3.63, 3.8) is 0 Å². The van der Waals surface area contributed by atoms with E-state index in [2.05, 4.69) is 4.98 Å². The minimum absolute atomic E-state index is 0.566. The van der Waals surface area contributed by atoms with Crippen molar-refractivity contribution in [1.82, 2.24) is 4.98 Å². The summed E-state index contributed by atoms with van der Waals surface area (Å²) in [7, 11) is 0. The van der Waals surface area contributed by atoms with Crippen LogP contribution in [0.15, 0.2) is 6.07 Å². The van der Waals surface area contributed by atoms with Crippen molar-refractivity contribution in [2.24, 2.45) is 0 Å². The van der Waals surface area contributed by atoms with E-state index in [9.17, 15) is 4.39 Å². The van der Waals surface area contributed by atoms with Gasteiger partial charge in [-0.25, -0.2) is 4.39 Å². The highest BCUT2D eigenvalue weighted by atomic mass is 32.1. The van der Waals surface area contributed by atoms with Crippen LogP contribution in [0.25, 0.3) is 0 Å². The van der Waals surface area contributed by atoms with E-state index in [-0.39, 0.29) is 0 Å². The molecular formula is C13H18FNS. The van der Waals surface area contributed by atoms with E-state index in [0.29, 0.717) is 16.6 Å². The molecule has 0 bridgehead atoms. The molecule has 0 aliphatic heterocycles. The number of aryl methyl sites for hydroxylation is 2. The summed E-state index contributed by atoms with van der Waals surface area (Å²) >= 11 is 5.23. The average molecular weight is 239 g/mol. The number of H-pyrrole nitrogens is 1. The molecule has 0 saturated heterocycles. The van der Waals surface area contributed by atoms with Gasteiger partial charge in [-0.05, 0) is 43.7 Å². The van der Waals surface area contributed by atoms with Gasteiger partial charge in [-0.3, -0.25) is 0 Å². The normalized spacial score (nSPS) is 16.9. The van der Waals surface area contributed by atoms with Gasteiger partial charge in [0.2, 0.25) is 0 Å². The lowest BCUT2D eigenvalue weighted by molar-refractivity contribution is 0.319. The van der Waals surface area contributed by atoms with E-state index in [1.165, 1.54) is 24.1 Å². The molecule has 0 saturated carbocycles. The fourth-order valence-electron chi connectivity index (χ4n) is 2.33. The lowest BCUT2D eigenvalue weighted by Crippen LogP contribution is -2.08. The van der Waals surface area contributed by atoms with Gasteiger partial charge in [0, 0.05) is 11.3 Å². The molecule has 0 amide bonds. The molecule has 1 aromatic heterocycles. The Balaban J connectivity index is 2.35. The van der Waals surface area contributed by atoms with Crippen molar-refractivity contribution in [2.75, 3.05) is 0 Å². The molecule has 0 aromatic carbocycles. The number of nitrogens with one attached hydrogen (secondary N) is 1. The Bertz CT molecular complexity index is 424. The number of rotatable bonds is 3. The van der Waals surface area contributed by atoms with Gasteiger partial charge in [-0.1, -0.05) is 25.6 Å². The van der Waals surface area contributed by atoms with Crippen molar-refractivity contribution in [3.8, 4) is 0 Å². The summed E-state index contributed by atoms with van der Waals surface area (Å²) in [5.41, 5.74) is 3.19. The quantitative estimate of drug-likeness (QED) is 0.771. The molecule has 1 heterocycles. The van der Waals surface area contributed by atoms with Gasteiger partial charge in [0.15, 0.2) is 0 Å². The summed E-state index contributed by atoms with van der Waals surface area (Å²) < 4.78 is 14.5. The summed E-state index contributed by atoms with van der Waals surface area (Å²) in [5.74, 6) is 0. The molecule has 0 radical (unpaired) electrons. The van der Waals surface area contributed by atoms with Gasteiger partial charge >= 0.3 is 0 Å². The van der Waals surface area contributed by atoms with Crippen molar-refractivity contribution in [2.45, 2.75) is 51.6 Å². The molecular weight excluding hydrogens is 221 g/mol. The standard InChI is InChI=1S/C13H18FNS/c1-2-5-11(14)10-8-9-6-3-4-7-12(9)15-13(10)16/h8,11H,2-7H2,1H3,(H,15,16). The van der Waals surface area contributed by atoms with Crippen LogP contribution in [0.1, 0.15) is 55.6 Å². The Labute approximate surface area is 101 Å². The number of hydrogen-bond donors (Lipinski definition) is 1. The highest BCUT2D eigenvalue weighted by Gasteiger charge is 2.16. The largest absolute Gasteiger partial charge is 0.349 e. The number of hydrogen-bond acceptors (Lipinski definition) is 1. The monoisotopic (exact) mass is 239 g/mol. The van der Waals surface area contributed by atoms with Crippen molar-refractivity contribution >= 4 is 12.2 Å². The summed E-state index contributed by atoms with van der Waals surface area (Å²) in [5, 5.41) is 0. The summed E-state index contributed by atoms with van der Waals surface area (Å²) in [6.07, 6.45) is 5.06. The highest BCUT2D eigenvalue weighted by Crippen LogP contribution is 2.28. The topological polar surface area (TPSA) is 15.8 Å². The number of pyridine rings is 1. The highest BCUT2D eigenvalue weighted by molar-refractivity contribution is 7.71. The van der Waals surface area contributed by atoms with Crippen LogP contribution in [-0.4, -0.2) is 4.98 Å². The molecule has 1 aliphatic carbocycles. The third kappa shape index (κ3) is 2.34. The first-order valence-electron chi connectivity index (χ1n) is 6.11. The molecule has 0 fully saturated rings. The first-order chi connectivity index (χ1) is 7.72. The molecule has 88 valence electrons. The van der Waals surface area contributed by atoms with Gasteiger partial charge < -0.3 is 4.98 Å². The van der Waals surface area contributed by atoms with E-state index in [0.717, 1.165) is 19.3 Å². The lowest BCUT2D eigenvalue weighted by atomic mass is 9.94. The maximum absolute atomic E-state index is 13.9. The molecule has 1 nitrogen and oxygen atoms in total. The second-order valence-electron chi connectivity index (χ2n) is 4.52. The van der Waals surface area contributed by atoms with Gasteiger partial charge in [0.05, 0.1) is 0 Å². The van der Waals surface area contributed by atoms with Crippen LogP contribution in [-0.2, 0) is 12.8 Å². The van der Waals surface area contributed by atoms with Gasteiger partial charge in [0.25, 0.3) is 0 Å². The maximum Gasteiger partial charge on any atom is 0.128 e. The van der Waals surface area contributed by atoms with E-state index in [1.807, 2.05) is 13.0 Å². The Morgan fingerprint density at radius 2 is 2.19 bits per heavy atom. The number of aromatic amines is 1. The smallest absolute Gasteiger partial charge is 0.128 e. The minimum Gasteiger partial charge on any atom is -0.349 e. The molecule has 1 unspecified atom stereocenters. The van der Waals surface area contributed by atoms with Crippen LogP contribution < -0.4 is 0 Å². The van der Waals surface area contributed by atoms with Gasteiger partial charge in [-0.15, -0.1) is 0 Å². The van der Waals surface area contributed by atoms with Crippen LogP contribution >= 0.6 is 12.2 Å². The fourth-order valence-corrected chi connectivity index (χ4v) is 2.64. The summed E-state index contributed by atoms with van der Waals surface area (Å²) in [6, 6.07) is 1.99. The van der Waals surface area contributed by atoms with E-state index >= 15 is 0 Å². The number of alkyl halides is 1. The predicted octanol–water partition coefficient (Wildman–Crippen LogP) is 4.43. The number of fused-ring (bicyclic) bond motifs is 1. The first kappa shape index (κ1) is 11.8. The fraction of sp³-hybridized carbons (Fsp3) is 0.615. The molecule has 1 atom stereocenters. The summed E-state index contributed by atoms with van der Waals surface area (Å²) in [4.78, 5) is 3.21. The third-order valence-corrected chi connectivity index (χ3v) is 3.58. The molecule has 16 heavy (non-hydrogen) atoms. The maximum atomic E-state index is 13.9. The van der Waals surface area contributed by atoms with Gasteiger partial charge in [-0.2, -0.15) is 0 Å². The minimum atomic E-state index is -0.902. The predicted molar refractivity (Wildman–Crippen MR) is 67.0 cm³/mol. The zero-order valence-corrected chi connectivity index (χ0v) is 10.5. The van der Waals surface area contributed by atoms with E-state index in [1.54, 1.807) is 0 Å². The molecule has 1 N–H and O–H groups in total. The second-order valence-corrected chi connectivity index (χ2v) is 4.93. The Morgan fingerprint density at radius 1 is 1.44 bits per heavy atom. The van der Waals surface area contributed by atoms with Crippen LogP contribution in [0.2, 0.25) is 0 Å². The van der Waals surface area contributed by atoms with Crippen molar-refractivity contribution < 1.29 is 4.39 Å². The SMILES string of the molecule is CCCC(F)c1cc2c([nH]c1=S)CCCC2. The van der Waals surface area contributed by atoms with E-state index < -0.39 is 6.17 Å². The lowest BCUT2D eigenvalue weighted by Gasteiger charge is -2.18. The summed E-state index contributed by atoms with van der Waals surface area (Å²) in [6.45, 7) is 2.00. The van der Waals surface area contributed by atoms with Crippen molar-refractivity contribution in [1.29, 1.82) is 0 Å². The third-order valence-electron chi connectivity index (χ3n) is 3.25.